The van der Waals surface area contributed by atoms with E-state index in [1.807, 2.05) is 5.38 Å². The summed E-state index contributed by atoms with van der Waals surface area (Å²) in [6, 6.07) is 12.7. The summed E-state index contributed by atoms with van der Waals surface area (Å²) in [5.74, 6) is 0.0738. The van der Waals surface area contributed by atoms with Crippen molar-refractivity contribution in [3.05, 3.63) is 59.5 Å². The minimum absolute atomic E-state index is 0.0415. The summed E-state index contributed by atoms with van der Waals surface area (Å²) in [6.07, 6.45) is 0. The van der Waals surface area contributed by atoms with Crippen LogP contribution in [-0.2, 0) is 0 Å². The summed E-state index contributed by atoms with van der Waals surface area (Å²) in [6.45, 7) is 0. The van der Waals surface area contributed by atoms with Gasteiger partial charge in [0.2, 0.25) is 5.88 Å². The van der Waals surface area contributed by atoms with Gasteiger partial charge < -0.3 is 30.3 Å². The standard InChI is InChI=1S/C22H19N5O5S/c1-31-19-10-18(26-21(27-19)32-2)25-20(30)12-3-5-14(6-4-12)23-22-24-17(11-33-22)13-7-15(28)9-16(29)8-13/h3-11,28-29H,1-2H3,(H,23,24)(H,25,26,27,30). The van der Waals surface area contributed by atoms with E-state index in [9.17, 15) is 15.0 Å². The summed E-state index contributed by atoms with van der Waals surface area (Å²) in [5, 5.41) is 27.6. The van der Waals surface area contributed by atoms with Crippen LogP contribution < -0.4 is 20.1 Å². The molecule has 0 saturated heterocycles. The SMILES string of the molecule is COc1cc(NC(=O)c2ccc(Nc3nc(-c4cc(O)cc(O)c4)cs3)cc2)nc(OC)n1. The van der Waals surface area contributed by atoms with Crippen molar-refractivity contribution >= 4 is 33.9 Å². The van der Waals surface area contributed by atoms with Gasteiger partial charge in [-0.15, -0.1) is 11.3 Å². The largest absolute Gasteiger partial charge is 0.508 e. The molecule has 1 amide bonds. The Hall–Kier alpha value is -4.38. The fourth-order valence-electron chi connectivity index (χ4n) is 2.89. The number of rotatable bonds is 7. The molecule has 10 nitrogen and oxygen atoms in total. The van der Waals surface area contributed by atoms with Crippen LogP contribution in [0, 0.1) is 0 Å². The third kappa shape index (κ3) is 5.28. The third-order valence-electron chi connectivity index (χ3n) is 4.42. The Morgan fingerprint density at radius 3 is 2.33 bits per heavy atom. The molecule has 0 aliphatic rings. The van der Waals surface area contributed by atoms with Crippen LogP contribution in [0.5, 0.6) is 23.4 Å². The second kappa shape index (κ2) is 9.40. The molecule has 4 rings (SSSR count). The fourth-order valence-corrected chi connectivity index (χ4v) is 3.63. The number of hydrogen-bond donors (Lipinski definition) is 4. The number of aromatic nitrogens is 3. The monoisotopic (exact) mass is 465 g/mol. The number of benzene rings is 2. The van der Waals surface area contributed by atoms with Crippen LogP contribution in [0.3, 0.4) is 0 Å². The van der Waals surface area contributed by atoms with Gasteiger partial charge in [-0.05, 0) is 36.4 Å². The number of carbonyl (C=O) groups is 1. The number of amides is 1. The van der Waals surface area contributed by atoms with E-state index in [4.69, 9.17) is 9.47 Å². The Balaban J connectivity index is 1.43. The number of nitrogens with one attached hydrogen (secondary N) is 2. The maximum absolute atomic E-state index is 12.6. The van der Waals surface area contributed by atoms with Crippen molar-refractivity contribution in [1.29, 1.82) is 0 Å². The molecule has 4 aromatic rings. The van der Waals surface area contributed by atoms with Gasteiger partial charge in [0.05, 0.1) is 19.9 Å². The van der Waals surface area contributed by atoms with Crippen LogP contribution in [0.25, 0.3) is 11.3 Å². The lowest BCUT2D eigenvalue weighted by Crippen LogP contribution is -2.13. The van der Waals surface area contributed by atoms with Crippen molar-refractivity contribution in [2.24, 2.45) is 0 Å². The molecule has 2 aromatic heterocycles. The highest BCUT2D eigenvalue weighted by atomic mass is 32.1. The number of aromatic hydroxyl groups is 2. The fraction of sp³-hybridized carbons (Fsp3) is 0.0909. The molecule has 0 fully saturated rings. The lowest BCUT2D eigenvalue weighted by atomic mass is 10.1. The van der Waals surface area contributed by atoms with Crippen LogP contribution in [-0.4, -0.2) is 45.3 Å². The second-order valence-corrected chi connectivity index (χ2v) is 7.57. The van der Waals surface area contributed by atoms with E-state index in [-0.39, 0.29) is 35.1 Å². The minimum atomic E-state index is -0.357. The molecule has 33 heavy (non-hydrogen) atoms. The predicted molar refractivity (Wildman–Crippen MR) is 124 cm³/mol. The van der Waals surface area contributed by atoms with Crippen LogP contribution in [0.15, 0.2) is 53.9 Å². The highest BCUT2D eigenvalue weighted by molar-refractivity contribution is 7.14. The van der Waals surface area contributed by atoms with Gasteiger partial charge in [-0.1, -0.05) is 0 Å². The van der Waals surface area contributed by atoms with Crippen molar-refractivity contribution in [2.45, 2.75) is 0 Å². The number of nitrogens with zero attached hydrogens (tertiary/aromatic N) is 3. The van der Waals surface area contributed by atoms with Gasteiger partial charge in [-0.3, -0.25) is 4.79 Å². The average molecular weight is 465 g/mol. The first-order valence-corrected chi connectivity index (χ1v) is 10.5. The molecule has 0 aliphatic heterocycles. The molecule has 2 aromatic carbocycles. The highest BCUT2D eigenvalue weighted by Crippen LogP contribution is 2.31. The van der Waals surface area contributed by atoms with Crippen LogP contribution >= 0.6 is 11.3 Å². The number of thiazole rings is 1. The van der Waals surface area contributed by atoms with Gasteiger partial charge in [0.15, 0.2) is 5.13 Å². The van der Waals surface area contributed by atoms with Crippen molar-refractivity contribution in [2.75, 3.05) is 24.9 Å². The Bertz CT molecular complexity index is 1250. The van der Waals surface area contributed by atoms with Crippen LogP contribution in [0.1, 0.15) is 10.4 Å². The Morgan fingerprint density at radius 2 is 1.67 bits per heavy atom. The van der Waals surface area contributed by atoms with E-state index < -0.39 is 0 Å². The molecule has 0 atom stereocenters. The molecule has 0 radical (unpaired) electrons. The quantitative estimate of drug-likeness (QED) is 0.319. The van der Waals surface area contributed by atoms with E-state index in [1.54, 1.807) is 24.3 Å². The Morgan fingerprint density at radius 1 is 0.939 bits per heavy atom. The maximum Gasteiger partial charge on any atom is 0.321 e. The molecule has 0 bridgehead atoms. The van der Waals surface area contributed by atoms with Gasteiger partial charge in [-0.2, -0.15) is 9.97 Å². The number of methoxy groups -OCH3 is 2. The zero-order chi connectivity index (χ0) is 23.4. The molecular formula is C22H19N5O5S. The highest BCUT2D eigenvalue weighted by Gasteiger charge is 2.12. The van der Waals surface area contributed by atoms with E-state index in [1.165, 1.54) is 49.8 Å². The second-order valence-electron chi connectivity index (χ2n) is 6.71. The molecular weight excluding hydrogens is 446 g/mol. The number of phenols is 2. The molecule has 2 heterocycles. The summed E-state index contributed by atoms with van der Waals surface area (Å²) in [7, 11) is 2.88. The van der Waals surface area contributed by atoms with E-state index >= 15 is 0 Å². The zero-order valence-corrected chi connectivity index (χ0v) is 18.4. The number of hydrogen-bond acceptors (Lipinski definition) is 10. The summed E-state index contributed by atoms with van der Waals surface area (Å²) >= 11 is 1.37. The lowest BCUT2D eigenvalue weighted by molar-refractivity contribution is 0.102. The number of carbonyl (C=O) groups excluding carboxylic acids is 1. The van der Waals surface area contributed by atoms with Gasteiger partial charge in [0, 0.05) is 34.3 Å². The number of phenolic OH excluding ortho intramolecular Hbond substituents is 2. The van der Waals surface area contributed by atoms with E-state index in [2.05, 4.69) is 25.6 Å². The molecule has 4 N–H and O–H groups in total. The predicted octanol–water partition coefficient (Wildman–Crippen LogP) is 4.02. The molecule has 168 valence electrons. The Labute approximate surface area is 192 Å². The minimum Gasteiger partial charge on any atom is -0.508 e. The van der Waals surface area contributed by atoms with Gasteiger partial charge >= 0.3 is 6.01 Å². The number of anilines is 3. The van der Waals surface area contributed by atoms with Gasteiger partial charge in [-0.25, -0.2) is 4.98 Å². The maximum atomic E-state index is 12.6. The van der Waals surface area contributed by atoms with E-state index in [0.29, 0.717) is 22.0 Å². The van der Waals surface area contributed by atoms with Crippen molar-refractivity contribution < 1.29 is 24.5 Å². The first-order valence-electron chi connectivity index (χ1n) is 9.58. The molecule has 0 unspecified atom stereocenters. The number of ether oxygens (including phenoxy) is 2. The molecule has 11 heteroatoms. The summed E-state index contributed by atoms with van der Waals surface area (Å²) in [4.78, 5) is 25.1. The third-order valence-corrected chi connectivity index (χ3v) is 5.17. The van der Waals surface area contributed by atoms with Crippen molar-refractivity contribution in [1.82, 2.24) is 15.0 Å². The Kier molecular flexibility index (Phi) is 6.22. The lowest BCUT2D eigenvalue weighted by Gasteiger charge is -2.08. The smallest absolute Gasteiger partial charge is 0.321 e. The van der Waals surface area contributed by atoms with Crippen LogP contribution in [0.2, 0.25) is 0 Å². The normalized spacial score (nSPS) is 10.5. The van der Waals surface area contributed by atoms with Crippen molar-refractivity contribution in [3.8, 4) is 34.6 Å². The molecule has 0 aliphatic carbocycles. The average Bonchev–Trinajstić information content (AvgIpc) is 3.27. The topological polar surface area (TPSA) is 139 Å². The first-order chi connectivity index (χ1) is 15.9. The van der Waals surface area contributed by atoms with Crippen LogP contribution in [0.4, 0.5) is 16.6 Å². The zero-order valence-electron chi connectivity index (χ0n) is 17.6. The molecule has 0 saturated carbocycles. The first kappa shape index (κ1) is 21.8. The van der Waals surface area contributed by atoms with E-state index in [0.717, 1.165) is 5.69 Å². The summed E-state index contributed by atoms with van der Waals surface area (Å²) < 4.78 is 10.1. The summed E-state index contributed by atoms with van der Waals surface area (Å²) in [5.41, 5.74) is 2.37. The van der Waals surface area contributed by atoms with Crippen molar-refractivity contribution in [3.63, 3.8) is 0 Å². The molecule has 0 spiro atoms. The van der Waals surface area contributed by atoms with Gasteiger partial charge in [0.1, 0.15) is 17.3 Å². The van der Waals surface area contributed by atoms with Gasteiger partial charge in [0.25, 0.3) is 5.91 Å².